The van der Waals surface area contributed by atoms with Crippen molar-refractivity contribution in [2.75, 3.05) is 7.11 Å². The minimum atomic E-state index is -4.49. The van der Waals surface area contributed by atoms with Gasteiger partial charge < -0.3 is 8.92 Å². The monoisotopic (exact) mass is 204 g/mol. The van der Waals surface area contributed by atoms with E-state index in [1.54, 1.807) is 12.1 Å². The summed E-state index contributed by atoms with van der Waals surface area (Å²) in [6, 6.07) is 6.09. The fraction of sp³-hybridized carbons (Fsp3) is 0.143. The summed E-state index contributed by atoms with van der Waals surface area (Å²) >= 11 is 0. The van der Waals surface area contributed by atoms with Gasteiger partial charge in [-0.05, 0) is 12.1 Å². The molecule has 13 heavy (non-hydrogen) atoms. The second-order valence-corrected chi connectivity index (χ2v) is 3.18. The average molecular weight is 204 g/mol. The Labute approximate surface area is 75.9 Å². The zero-order valence-electron chi connectivity index (χ0n) is 6.80. The molecule has 0 aliphatic rings. The molecule has 1 aromatic rings. The average Bonchev–Trinajstić information content (AvgIpc) is 2.02. The van der Waals surface area contributed by atoms with Crippen LogP contribution in [0.25, 0.3) is 0 Å². The van der Waals surface area contributed by atoms with Crippen LogP contribution in [0.2, 0.25) is 0 Å². The van der Waals surface area contributed by atoms with Crippen molar-refractivity contribution in [2.45, 2.75) is 0 Å². The second kappa shape index (κ2) is 3.63. The van der Waals surface area contributed by atoms with E-state index in [-0.39, 0.29) is 11.5 Å². The minimum absolute atomic E-state index is 0.0486. The van der Waals surface area contributed by atoms with E-state index < -0.39 is 10.4 Å². The molecular weight excluding hydrogens is 196 g/mol. The molecule has 0 saturated heterocycles. The first-order valence-corrected chi connectivity index (χ1v) is 4.69. The van der Waals surface area contributed by atoms with Gasteiger partial charge in [0, 0.05) is 0 Å². The van der Waals surface area contributed by atoms with Crippen LogP contribution < -0.4 is 8.92 Å². The summed E-state index contributed by atoms with van der Waals surface area (Å²) in [4.78, 5) is 0. The molecule has 0 heterocycles. The molecule has 72 valence electrons. The van der Waals surface area contributed by atoms with E-state index in [1.807, 2.05) is 0 Å². The van der Waals surface area contributed by atoms with E-state index in [0.717, 1.165) is 0 Å². The normalized spacial score (nSPS) is 10.9. The highest BCUT2D eigenvalue weighted by molar-refractivity contribution is 7.81. The predicted octanol–water partition coefficient (Wildman–Crippen LogP) is 0.877. The van der Waals surface area contributed by atoms with Gasteiger partial charge in [0.25, 0.3) is 0 Å². The van der Waals surface area contributed by atoms with E-state index in [4.69, 9.17) is 9.29 Å². The van der Waals surface area contributed by atoms with Crippen molar-refractivity contribution in [3.05, 3.63) is 24.3 Å². The van der Waals surface area contributed by atoms with Gasteiger partial charge >= 0.3 is 10.4 Å². The van der Waals surface area contributed by atoms with Crippen LogP contribution in [0.4, 0.5) is 0 Å². The van der Waals surface area contributed by atoms with E-state index in [0.29, 0.717) is 0 Å². The molecule has 0 bridgehead atoms. The van der Waals surface area contributed by atoms with Gasteiger partial charge in [-0.2, -0.15) is 8.42 Å². The van der Waals surface area contributed by atoms with Crippen molar-refractivity contribution >= 4 is 10.4 Å². The summed E-state index contributed by atoms with van der Waals surface area (Å²) in [6.07, 6.45) is 0. The lowest BCUT2D eigenvalue weighted by atomic mass is 10.3. The Hall–Kier alpha value is -1.27. The molecule has 1 aromatic carbocycles. The number of hydrogen-bond donors (Lipinski definition) is 1. The molecule has 0 fully saturated rings. The minimum Gasteiger partial charge on any atom is -0.493 e. The summed E-state index contributed by atoms with van der Waals surface area (Å²) in [5.41, 5.74) is 0. The Morgan fingerprint density at radius 3 is 2.23 bits per heavy atom. The highest BCUT2D eigenvalue weighted by atomic mass is 32.3. The Kier molecular flexibility index (Phi) is 2.74. The molecule has 1 N–H and O–H groups in total. The Morgan fingerprint density at radius 2 is 1.77 bits per heavy atom. The number of hydrogen-bond acceptors (Lipinski definition) is 4. The van der Waals surface area contributed by atoms with Gasteiger partial charge in [0.15, 0.2) is 11.5 Å². The molecule has 0 saturated carbocycles. The van der Waals surface area contributed by atoms with Gasteiger partial charge in [0.05, 0.1) is 7.11 Å². The van der Waals surface area contributed by atoms with Gasteiger partial charge in [-0.3, -0.25) is 4.55 Å². The van der Waals surface area contributed by atoms with Crippen molar-refractivity contribution in [3.63, 3.8) is 0 Å². The quantitative estimate of drug-likeness (QED) is 0.740. The Morgan fingerprint density at radius 1 is 1.23 bits per heavy atom. The van der Waals surface area contributed by atoms with Crippen LogP contribution in [0.3, 0.4) is 0 Å². The summed E-state index contributed by atoms with van der Waals surface area (Å²) in [7, 11) is -3.12. The third-order valence-electron chi connectivity index (χ3n) is 1.26. The van der Waals surface area contributed by atoms with Crippen molar-refractivity contribution < 1.29 is 21.9 Å². The van der Waals surface area contributed by atoms with Crippen LogP contribution in [0.15, 0.2) is 24.3 Å². The van der Waals surface area contributed by atoms with Crippen LogP contribution in [0.1, 0.15) is 0 Å². The molecule has 0 spiro atoms. The van der Waals surface area contributed by atoms with Gasteiger partial charge in [0.2, 0.25) is 0 Å². The highest BCUT2D eigenvalue weighted by Gasteiger charge is 2.10. The summed E-state index contributed by atoms with van der Waals surface area (Å²) in [6.45, 7) is 0. The van der Waals surface area contributed by atoms with Crippen molar-refractivity contribution in [1.29, 1.82) is 0 Å². The molecular formula is C7H8O5S. The van der Waals surface area contributed by atoms with Crippen LogP contribution in [0, 0.1) is 0 Å². The number of para-hydroxylation sites is 2. The smallest absolute Gasteiger partial charge is 0.446 e. The number of rotatable bonds is 3. The van der Waals surface area contributed by atoms with Crippen molar-refractivity contribution in [3.8, 4) is 11.5 Å². The van der Waals surface area contributed by atoms with Gasteiger partial charge in [-0.25, -0.2) is 0 Å². The molecule has 0 amide bonds. The molecule has 0 aliphatic heterocycles. The fourth-order valence-corrected chi connectivity index (χ4v) is 1.17. The van der Waals surface area contributed by atoms with E-state index in [1.165, 1.54) is 19.2 Å². The van der Waals surface area contributed by atoms with Crippen molar-refractivity contribution in [2.24, 2.45) is 0 Å². The van der Waals surface area contributed by atoms with Crippen LogP contribution in [-0.4, -0.2) is 20.1 Å². The van der Waals surface area contributed by atoms with Crippen molar-refractivity contribution in [1.82, 2.24) is 0 Å². The molecule has 5 nitrogen and oxygen atoms in total. The zero-order valence-corrected chi connectivity index (χ0v) is 7.61. The maximum absolute atomic E-state index is 10.3. The molecule has 1 rings (SSSR count). The third kappa shape index (κ3) is 2.92. The summed E-state index contributed by atoms with van der Waals surface area (Å²) in [5, 5.41) is 0. The predicted molar refractivity (Wildman–Crippen MR) is 45.2 cm³/mol. The number of ether oxygens (including phenoxy) is 1. The first-order valence-electron chi connectivity index (χ1n) is 3.33. The van der Waals surface area contributed by atoms with E-state index in [2.05, 4.69) is 4.18 Å². The molecule has 0 aliphatic carbocycles. The lowest BCUT2D eigenvalue weighted by Gasteiger charge is -2.05. The maximum Gasteiger partial charge on any atom is 0.446 e. The lowest BCUT2D eigenvalue weighted by Crippen LogP contribution is -2.07. The lowest BCUT2D eigenvalue weighted by molar-refractivity contribution is 0.360. The molecule has 0 unspecified atom stereocenters. The molecule has 0 atom stereocenters. The van der Waals surface area contributed by atoms with Crippen LogP contribution >= 0.6 is 0 Å². The summed E-state index contributed by atoms with van der Waals surface area (Å²) in [5.74, 6) is 0.188. The fourth-order valence-electron chi connectivity index (χ4n) is 0.801. The molecule has 6 heteroatoms. The maximum atomic E-state index is 10.3. The standard InChI is InChI=1S/C7H8O5S/c1-11-6-4-2-3-5-7(6)12-13(8,9)10/h2-5H,1H3,(H,8,9,10). The summed E-state index contributed by atoms with van der Waals surface area (Å²) < 4.78 is 38.1. The Balaban J connectivity index is 3.01. The van der Waals surface area contributed by atoms with E-state index >= 15 is 0 Å². The molecule has 0 aromatic heterocycles. The van der Waals surface area contributed by atoms with Crippen LogP contribution in [-0.2, 0) is 10.4 Å². The zero-order chi connectivity index (χ0) is 9.90. The first-order chi connectivity index (χ1) is 6.03. The van der Waals surface area contributed by atoms with Gasteiger partial charge in [0.1, 0.15) is 0 Å². The number of benzene rings is 1. The van der Waals surface area contributed by atoms with Gasteiger partial charge in [-0.1, -0.05) is 12.1 Å². The number of methoxy groups -OCH3 is 1. The first kappa shape index (κ1) is 9.82. The molecule has 0 radical (unpaired) electrons. The van der Waals surface area contributed by atoms with Gasteiger partial charge in [-0.15, -0.1) is 0 Å². The topological polar surface area (TPSA) is 72.8 Å². The highest BCUT2D eigenvalue weighted by Crippen LogP contribution is 2.26. The Bertz CT molecular complexity index is 384. The SMILES string of the molecule is COc1ccccc1OS(=O)(=O)O. The van der Waals surface area contributed by atoms with E-state index in [9.17, 15) is 8.42 Å². The third-order valence-corrected chi connectivity index (χ3v) is 1.65. The van der Waals surface area contributed by atoms with Crippen LogP contribution in [0.5, 0.6) is 11.5 Å². The second-order valence-electron chi connectivity index (χ2n) is 2.16. The largest absolute Gasteiger partial charge is 0.493 e.